The highest BCUT2D eigenvalue weighted by atomic mass is 16.2. The number of rotatable bonds is 2. The van der Waals surface area contributed by atoms with Gasteiger partial charge in [0.2, 0.25) is 0 Å². The standard InChI is InChI=1S/C17H23N3O/c1-13-10-14(2)12-19(11-13)17(21)15-4-6-16(7-5-15)20-9-3-8-18-20/h4-8,13-14H,3,9-12H2,1-2H3. The zero-order valence-corrected chi connectivity index (χ0v) is 12.8. The van der Waals surface area contributed by atoms with Crippen molar-refractivity contribution in [3.05, 3.63) is 29.8 Å². The first-order chi connectivity index (χ1) is 10.1. The van der Waals surface area contributed by atoms with Gasteiger partial charge in [-0.15, -0.1) is 0 Å². The molecular weight excluding hydrogens is 262 g/mol. The average Bonchev–Trinajstić information content (AvgIpc) is 3.00. The first-order valence-corrected chi connectivity index (χ1v) is 7.83. The zero-order chi connectivity index (χ0) is 14.8. The van der Waals surface area contributed by atoms with Gasteiger partial charge in [-0.2, -0.15) is 5.10 Å². The first-order valence-electron chi connectivity index (χ1n) is 7.83. The normalized spacial score (nSPS) is 25.4. The molecule has 2 aliphatic heterocycles. The Kier molecular flexibility index (Phi) is 3.95. The molecule has 21 heavy (non-hydrogen) atoms. The number of amides is 1. The molecule has 2 aliphatic rings. The summed E-state index contributed by atoms with van der Waals surface area (Å²) in [7, 11) is 0. The summed E-state index contributed by atoms with van der Waals surface area (Å²) in [4.78, 5) is 14.6. The maximum absolute atomic E-state index is 12.6. The largest absolute Gasteiger partial charge is 0.338 e. The second-order valence-corrected chi connectivity index (χ2v) is 6.41. The number of carbonyl (C=O) groups excluding carboxylic acids is 1. The van der Waals surface area contributed by atoms with E-state index in [1.807, 2.05) is 40.4 Å². The van der Waals surface area contributed by atoms with Crippen LogP contribution in [0.3, 0.4) is 0 Å². The van der Waals surface area contributed by atoms with Gasteiger partial charge in [-0.3, -0.25) is 9.80 Å². The fraction of sp³-hybridized carbons (Fsp3) is 0.529. The summed E-state index contributed by atoms with van der Waals surface area (Å²) in [6.45, 7) is 7.13. The van der Waals surface area contributed by atoms with Crippen molar-refractivity contribution in [2.45, 2.75) is 26.7 Å². The number of hydrazone groups is 1. The Balaban J connectivity index is 1.71. The van der Waals surface area contributed by atoms with Gasteiger partial charge < -0.3 is 4.90 Å². The molecule has 0 spiro atoms. The fourth-order valence-electron chi connectivity index (χ4n) is 3.38. The quantitative estimate of drug-likeness (QED) is 0.837. The molecule has 2 unspecified atom stereocenters. The van der Waals surface area contributed by atoms with Crippen LogP contribution in [0.2, 0.25) is 0 Å². The van der Waals surface area contributed by atoms with Crippen molar-refractivity contribution in [2.75, 3.05) is 24.6 Å². The molecule has 0 aliphatic carbocycles. The van der Waals surface area contributed by atoms with E-state index in [2.05, 4.69) is 18.9 Å². The molecule has 1 aromatic rings. The second-order valence-electron chi connectivity index (χ2n) is 6.41. The Labute approximate surface area is 126 Å². The van der Waals surface area contributed by atoms with Gasteiger partial charge in [-0.25, -0.2) is 0 Å². The Morgan fingerprint density at radius 1 is 1.14 bits per heavy atom. The minimum Gasteiger partial charge on any atom is -0.338 e. The van der Waals surface area contributed by atoms with E-state index in [1.54, 1.807) is 0 Å². The number of anilines is 1. The molecule has 0 bridgehead atoms. The second kappa shape index (κ2) is 5.88. The predicted molar refractivity (Wildman–Crippen MR) is 85.7 cm³/mol. The van der Waals surface area contributed by atoms with Gasteiger partial charge in [-0.1, -0.05) is 13.8 Å². The third-order valence-electron chi connectivity index (χ3n) is 4.26. The summed E-state index contributed by atoms with van der Waals surface area (Å²) in [5.74, 6) is 1.34. The SMILES string of the molecule is CC1CC(C)CN(C(=O)c2ccc(N3CCC=N3)cc2)C1. The highest BCUT2D eigenvalue weighted by Gasteiger charge is 2.26. The summed E-state index contributed by atoms with van der Waals surface area (Å²) < 4.78 is 0. The van der Waals surface area contributed by atoms with Crippen molar-refractivity contribution in [2.24, 2.45) is 16.9 Å². The Morgan fingerprint density at radius 2 is 1.81 bits per heavy atom. The molecule has 2 heterocycles. The molecular formula is C17H23N3O. The van der Waals surface area contributed by atoms with Crippen LogP contribution in [0.5, 0.6) is 0 Å². The van der Waals surface area contributed by atoms with Gasteiger partial charge in [-0.05, 0) is 42.5 Å². The highest BCUT2D eigenvalue weighted by Crippen LogP contribution is 2.24. The minimum absolute atomic E-state index is 0.157. The van der Waals surface area contributed by atoms with Crippen LogP contribution >= 0.6 is 0 Å². The molecule has 4 heteroatoms. The molecule has 0 aromatic heterocycles. The van der Waals surface area contributed by atoms with Crippen LogP contribution in [0.4, 0.5) is 5.69 Å². The number of likely N-dealkylation sites (tertiary alicyclic amines) is 1. The smallest absolute Gasteiger partial charge is 0.253 e. The van der Waals surface area contributed by atoms with Crippen molar-refractivity contribution in [3.63, 3.8) is 0 Å². The van der Waals surface area contributed by atoms with E-state index in [9.17, 15) is 4.79 Å². The Bertz CT molecular complexity index is 527. The molecule has 0 saturated carbocycles. The lowest BCUT2D eigenvalue weighted by molar-refractivity contribution is 0.0623. The number of hydrogen-bond donors (Lipinski definition) is 0. The van der Waals surface area contributed by atoms with E-state index in [0.717, 1.165) is 37.3 Å². The van der Waals surface area contributed by atoms with E-state index in [1.165, 1.54) is 6.42 Å². The van der Waals surface area contributed by atoms with Gasteiger partial charge in [0, 0.05) is 37.8 Å². The van der Waals surface area contributed by atoms with Crippen molar-refractivity contribution < 1.29 is 4.79 Å². The van der Waals surface area contributed by atoms with E-state index >= 15 is 0 Å². The Hall–Kier alpha value is -1.84. The lowest BCUT2D eigenvalue weighted by atomic mass is 9.91. The van der Waals surface area contributed by atoms with Gasteiger partial charge in [0.05, 0.1) is 5.69 Å². The first kappa shape index (κ1) is 14.1. The minimum atomic E-state index is 0.157. The number of hydrogen-bond acceptors (Lipinski definition) is 3. The summed E-state index contributed by atoms with van der Waals surface area (Å²) in [6, 6.07) is 7.84. The summed E-state index contributed by atoms with van der Waals surface area (Å²) >= 11 is 0. The molecule has 4 nitrogen and oxygen atoms in total. The maximum Gasteiger partial charge on any atom is 0.253 e. The summed E-state index contributed by atoms with van der Waals surface area (Å²) in [5, 5.41) is 6.27. The van der Waals surface area contributed by atoms with Crippen molar-refractivity contribution in [1.82, 2.24) is 4.90 Å². The molecule has 1 amide bonds. The topological polar surface area (TPSA) is 35.9 Å². The van der Waals surface area contributed by atoms with Crippen LogP contribution in [0.1, 0.15) is 37.0 Å². The van der Waals surface area contributed by atoms with Gasteiger partial charge in [0.25, 0.3) is 5.91 Å². The molecule has 2 atom stereocenters. The number of benzene rings is 1. The van der Waals surface area contributed by atoms with E-state index in [0.29, 0.717) is 11.8 Å². The van der Waals surface area contributed by atoms with Crippen molar-refractivity contribution in [1.29, 1.82) is 0 Å². The van der Waals surface area contributed by atoms with Gasteiger partial charge >= 0.3 is 0 Å². The van der Waals surface area contributed by atoms with Gasteiger partial charge in [0.15, 0.2) is 0 Å². The van der Waals surface area contributed by atoms with E-state index < -0.39 is 0 Å². The molecule has 0 N–H and O–H groups in total. The predicted octanol–water partition coefficient (Wildman–Crippen LogP) is 3.00. The molecule has 3 rings (SSSR count). The van der Waals surface area contributed by atoms with Crippen LogP contribution in [-0.4, -0.2) is 36.7 Å². The van der Waals surface area contributed by atoms with Crippen LogP contribution in [0.15, 0.2) is 29.4 Å². The third kappa shape index (κ3) is 3.09. The van der Waals surface area contributed by atoms with Crippen molar-refractivity contribution >= 4 is 17.8 Å². The lowest BCUT2D eigenvalue weighted by Gasteiger charge is -2.35. The molecule has 1 fully saturated rings. The van der Waals surface area contributed by atoms with Gasteiger partial charge in [0.1, 0.15) is 0 Å². The molecule has 1 aromatic carbocycles. The zero-order valence-electron chi connectivity index (χ0n) is 12.8. The number of nitrogens with zero attached hydrogens (tertiary/aromatic N) is 3. The summed E-state index contributed by atoms with van der Waals surface area (Å²) in [6.07, 6.45) is 4.13. The van der Waals surface area contributed by atoms with Crippen LogP contribution in [-0.2, 0) is 0 Å². The third-order valence-corrected chi connectivity index (χ3v) is 4.26. The molecule has 0 radical (unpaired) electrons. The van der Waals surface area contributed by atoms with Crippen LogP contribution in [0.25, 0.3) is 0 Å². The monoisotopic (exact) mass is 285 g/mol. The number of carbonyl (C=O) groups is 1. The van der Waals surface area contributed by atoms with E-state index in [4.69, 9.17) is 0 Å². The molecule has 112 valence electrons. The van der Waals surface area contributed by atoms with Crippen LogP contribution < -0.4 is 5.01 Å². The van der Waals surface area contributed by atoms with Crippen molar-refractivity contribution in [3.8, 4) is 0 Å². The highest BCUT2D eigenvalue weighted by molar-refractivity contribution is 5.94. The Morgan fingerprint density at radius 3 is 2.38 bits per heavy atom. The fourth-order valence-corrected chi connectivity index (χ4v) is 3.38. The number of piperidine rings is 1. The lowest BCUT2D eigenvalue weighted by Crippen LogP contribution is -2.42. The molecule has 1 saturated heterocycles. The van der Waals surface area contributed by atoms with E-state index in [-0.39, 0.29) is 5.91 Å². The summed E-state index contributed by atoms with van der Waals surface area (Å²) in [5.41, 5.74) is 1.84. The van der Waals surface area contributed by atoms with Crippen LogP contribution in [0, 0.1) is 11.8 Å². The maximum atomic E-state index is 12.6. The average molecular weight is 285 g/mol.